The van der Waals surface area contributed by atoms with Crippen LogP contribution < -0.4 is 0 Å². The van der Waals surface area contributed by atoms with E-state index in [-0.39, 0.29) is 50.5 Å². The zero-order valence-corrected chi connectivity index (χ0v) is 24.1. The molecule has 0 unspecified atom stereocenters. The lowest BCUT2D eigenvalue weighted by molar-refractivity contribution is -0.150. The molecule has 0 radical (unpaired) electrons. The van der Waals surface area contributed by atoms with Crippen LogP contribution >= 0.6 is 0 Å². The van der Waals surface area contributed by atoms with Gasteiger partial charge in [0.25, 0.3) is 0 Å². The summed E-state index contributed by atoms with van der Waals surface area (Å²) in [5, 5.41) is 29.9. The predicted octanol–water partition coefficient (Wildman–Crippen LogP) is 4.14. The van der Waals surface area contributed by atoms with Crippen molar-refractivity contribution in [1.29, 1.82) is 0 Å². The molecular weight excluding hydrogens is 484 g/mol. The Morgan fingerprint density at radius 3 is 1.42 bits per heavy atom. The molecule has 0 fully saturated rings. The standard InChI is InChI=1S/C31H46O7/c1-29(2,3)24-10-8-12-26(22(24)20-33)31(7,28(35)38-19-18-37-17-16-36-15-14-32)27-13-9-11-25(23(27)21-34)30(4,5)6/h8-13,32-34H,14-21H2,1-7H3. The van der Waals surface area contributed by atoms with Crippen molar-refractivity contribution in [2.75, 3.05) is 39.6 Å². The number of carbonyl (C=O) groups excluding carboxylic acids is 1. The Kier molecular flexibility index (Phi) is 11.5. The van der Waals surface area contributed by atoms with E-state index in [1.165, 1.54) is 0 Å². The van der Waals surface area contributed by atoms with E-state index < -0.39 is 11.4 Å². The third-order valence-corrected chi connectivity index (χ3v) is 6.84. The van der Waals surface area contributed by atoms with Crippen LogP contribution in [0.5, 0.6) is 0 Å². The predicted molar refractivity (Wildman–Crippen MR) is 148 cm³/mol. The molecule has 0 aliphatic rings. The first-order valence-corrected chi connectivity index (χ1v) is 13.2. The molecule has 0 saturated heterocycles. The average molecular weight is 531 g/mol. The van der Waals surface area contributed by atoms with Crippen LogP contribution in [-0.2, 0) is 48.5 Å². The summed E-state index contributed by atoms with van der Waals surface area (Å²) in [4.78, 5) is 14.0. The molecule has 2 aromatic rings. The van der Waals surface area contributed by atoms with E-state index >= 15 is 0 Å². The van der Waals surface area contributed by atoms with Gasteiger partial charge in [-0.3, -0.25) is 4.79 Å². The van der Waals surface area contributed by atoms with E-state index in [1.807, 2.05) is 36.4 Å². The number of aliphatic hydroxyl groups is 3. The number of aliphatic hydroxyl groups excluding tert-OH is 3. The van der Waals surface area contributed by atoms with Gasteiger partial charge >= 0.3 is 5.97 Å². The van der Waals surface area contributed by atoms with E-state index in [2.05, 4.69) is 41.5 Å². The highest BCUT2D eigenvalue weighted by Gasteiger charge is 2.43. The van der Waals surface area contributed by atoms with Gasteiger partial charge in [0.1, 0.15) is 12.0 Å². The Morgan fingerprint density at radius 2 is 1.03 bits per heavy atom. The topological polar surface area (TPSA) is 105 Å². The van der Waals surface area contributed by atoms with E-state index in [4.69, 9.17) is 19.3 Å². The van der Waals surface area contributed by atoms with Crippen LogP contribution in [0, 0.1) is 0 Å². The number of benzene rings is 2. The van der Waals surface area contributed by atoms with Crippen molar-refractivity contribution in [3.63, 3.8) is 0 Å². The first kappa shape index (κ1) is 31.9. The average Bonchev–Trinajstić information content (AvgIpc) is 2.87. The summed E-state index contributed by atoms with van der Waals surface area (Å²) in [6.45, 7) is 14.8. The Bertz CT molecular complexity index is 982. The smallest absolute Gasteiger partial charge is 0.320 e. The molecule has 0 aromatic heterocycles. The van der Waals surface area contributed by atoms with Gasteiger partial charge in [-0.1, -0.05) is 77.9 Å². The van der Waals surface area contributed by atoms with Crippen molar-refractivity contribution in [3.05, 3.63) is 69.8 Å². The van der Waals surface area contributed by atoms with Crippen LogP contribution in [0.4, 0.5) is 0 Å². The molecule has 212 valence electrons. The van der Waals surface area contributed by atoms with Gasteiger partial charge < -0.3 is 29.5 Å². The van der Waals surface area contributed by atoms with Gasteiger partial charge in [-0.05, 0) is 51.1 Å². The largest absolute Gasteiger partial charge is 0.462 e. The highest BCUT2D eigenvalue weighted by Crippen LogP contribution is 2.42. The van der Waals surface area contributed by atoms with Crippen LogP contribution in [0.2, 0.25) is 0 Å². The first-order chi connectivity index (χ1) is 17.8. The maximum Gasteiger partial charge on any atom is 0.320 e. The molecule has 0 amide bonds. The molecule has 0 spiro atoms. The fourth-order valence-corrected chi connectivity index (χ4v) is 4.95. The second-order valence-corrected chi connectivity index (χ2v) is 11.7. The zero-order valence-electron chi connectivity index (χ0n) is 24.1. The molecule has 0 atom stereocenters. The van der Waals surface area contributed by atoms with E-state index in [1.54, 1.807) is 6.92 Å². The fourth-order valence-electron chi connectivity index (χ4n) is 4.95. The lowest BCUT2D eigenvalue weighted by Crippen LogP contribution is -2.39. The number of rotatable bonds is 13. The number of hydrogen-bond acceptors (Lipinski definition) is 7. The minimum atomic E-state index is -1.30. The lowest BCUT2D eigenvalue weighted by atomic mass is 9.68. The molecule has 7 nitrogen and oxygen atoms in total. The van der Waals surface area contributed by atoms with Gasteiger partial charge in [0.05, 0.1) is 46.2 Å². The van der Waals surface area contributed by atoms with Crippen molar-refractivity contribution < 1.29 is 34.3 Å². The minimum Gasteiger partial charge on any atom is -0.462 e. The maximum atomic E-state index is 14.0. The quantitative estimate of drug-likeness (QED) is 0.264. The van der Waals surface area contributed by atoms with Crippen molar-refractivity contribution in [1.82, 2.24) is 0 Å². The number of esters is 1. The van der Waals surface area contributed by atoms with Crippen LogP contribution in [-0.4, -0.2) is 60.9 Å². The summed E-state index contributed by atoms with van der Waals surface area (Å²) in [7, 11) is 0. The normalized spacial score (nSPS) is 12.6. The lowest BCUT2D eigenvalue weighted by Gasteiger charge is -2.36. The van der Waals surface area contributed by atoms with Gasteiger partial charge in [0, 0.05) is 0 Å². The summed E-state index contributed by atoms with van der Waals surface area (Å²) >= 11 is 0. The molecule has 2 rings (SSSR count). The monoisotopic (exact) mass is 530 g/mol. The second-order valence-electron chi connectivity index (χ2n) is 11.7. The summed E-state index contributed by atoms with van der Waals surface area (Å²) in [5.74, 6) is -0.487. The van der Waals surface area contributed by atoms with Gasteiger partial charge in [0.2, 0.25) is 0 Å². The molecule has 0 aliphatic heterocycles. The minimum absolute atomic E-state index is 0.0370. The Labute approximate surface area is 227 Å². The molecule has 0 heterocycles. The van der Waals surface area contributed by atoms with Crippen molar-refractivity contribution in [3.8, 4) is 0 Å². The van der Waals surface area contributed by atoms with Crippen molar-refractivity contribution >= 4 is 5.97 Å². The van der Waals surface area contributed by atoms with Crippen LogP contribution in [0.3, 0.4) is 0 Å². The Balaban J connectivity index is 2.58. The van der Waals surface area contributed by atoms with E-state index in [9.17, 15) is 15.0 Å². The van der Waals surface area contributed by atoms with Crippen LogP contribution in [0.1, 0.15) is 81.8 Å². The molecule has 0 aliphatic carbocycles. The fraction of sp³-hybridized carbons (Fsp3) is 0.581. The highest BCUT2D eigenvalue weighted by atomic mass is 16.6. The molecule has 0 bridgehead atoms. The molecular formula is C31H46O7. The van der Waals surface area contributed by atoms with Crippen LogP contribution in [0.25, 0.3) is 0 Å². The molecule has 38 heavy (non-hydrogen) atoms. The summed E-state index contributed by atoms with van der Waals surface area (Å²) < 4.78 is 16.5. The number of ether oxygens (including phenoxy) is 3. The second kappa shape index (κ2) is 13.7. The van der Waals surface area contributed by atoms with Gasteiger partial charge in [-0.25, -0.2) is 0 Å². The zero-order chi connectivity index (χ0) is 28.6. The first-order valence-electron chi connectivity index (χ1n) is 13.2. The van der Waals surface area contributed by atoms with Crippen molar-refractivity contribution in [2.45, 2.75) is 77.9 Å². The Morgan fingerprint density at radius 1 is 0.632 bits per heavy atom. The third kappa shape index (κ3) is 7.42. The SMILES string of the molecule is CC(C)(C)c1cccc(C(C)(C(=O)OCCOCCOCCO)c2cccc(C(C)(C)C)c2CO)c1CO. The molecule has 0 saturated carbocycles. The molecule has 3 N–H and O–H groups in total. The summed E-state index contributed by atoms with van der Waals surface area (Å²) in [5.41, 5.74) is 2.72. The number of hydrogen-bond donors (Lipinski definition) is 3. The van der Waals surface area contributed by atoms with Gasteiger partial charge in [-0.2, -0.15) is 0 Å². The highest BCUT2D eigenvalue weighted by molar-refractivity contribution is 5.88. The molecule has 7 heteroatoms. The van der Waals surface area contributed by atoms with E-state index in [0.717, 1.165) is 11.1 Å². The van der Waals surface area contributed by atoms with E-state index in [0.29, 0.717) is 35.5 Å². The summed E-state index contributed by atoms with van der Waals surface area (Å²) in [6.07, 6.45) is 0. The third-order valence-electron chi connectivity index (χ3n) is 6.84. The van der Waals surface area contributed by atoms with Gasteiger partial charge in [0.15, 0.2) is 0 Å². The van der Waals surface area contributed by atoms with Gasteiger partial charge in [-0.15, -0.1) is 0 Å². The summed E-state index contributed by atoms with van der Waals surface area (Å²) in [6, 6.07) is 11.5. The number of carbonyl (C=O) groups is 1. The van der Waals surface area contributed by atoms with Crippen molar-refractivity contribution in [2.24, 2.45) is 0 Å². The Hall–Kier alpha value is -2.29. The maximum absolute atomic E-state index is 14.0. The van der Waals surface area contributed by atoms with Crippen LogP contribution in [0.15, 0.2) is 36.4 Å². The molecule has 2 aromatic carbocycles.